The zero-order valence-corrected chi connectivity index (χ0v) is 22.7. The summed E-state index contributed by atoms with van der Waals surface area (Å²) in [6, 6.07) is 0. The average Bonchev–Trinajstić information content (AvgIpc) is 3.27. The van der Waals surface area contributed by atoms with Crippen molar-refractivity contribution in [1.29, 1.82) is 0 Å². The van der Waals surface area contributed by atoms with Gasteiger partial charge in [-0.3, -0.25) is 0 Å². The van der Waals surface area contributed by atoms with Crippen molar-refractivity contribution in [2.45, 2.75) is 116 Å². The predicted octanol–water partition coefficient (Wildman–Crippen LogP) is 5.73. The Morgan fingerprint density at radius 1 is 1.00 bits per heavy atom. The van der Waals surface area contributed by atoms with Crippen LogP contribution in [-0.2, 0) is 19.0 Å². The molecule has 5 heteroatoms. The fourth-order valence-corrected chi connectivity index (χ4v) is 10.7. The van der Waals surface area contributed by atoms with E-state index in [0.29, 0.717) is 60.6 Å². The van der Waals surface area contributed by atoms with Crippen LogP contribution in [0.2, 0.25) is 0 Å². The molecule has 1 spiro atoms. The number of carbonyl (C=O) groups is 1. The van der Waals surface area contributed by atoms with Gasteiger partial charge in [0, 0.05) is 12.3 Å². The number of ether oxygens (including phenoxy) is 3. The van der Waals surface area contributed by atoms with Gasteiger partial charge in [0.15, 0.2) is 11.4 Å². The highest BCUT2D eigenvalue weighted by atomic mass is 16.7. The lowest BCUT2D eigenvalue weighted by Crippen LogP contribution is -2.58. The van der Waals surface area contributed by atoms with E-state index in [1.54, 1.807) is 0 Å². The lowest BCUT2D eigenvalue weighted by molar-refractivity contribution is -0.273. The van der Waals surface area contributed by atoms with Crippen molar-refractivity contribution >= 4 is 5.97 Å². The normalized spacial score (nSPS) is 57.2. The van der Waals surface area contributed by atoms with Gasteiger partial charge in [0.25, 0.3) is 0 Å². The highest BCUT2D eigenvalue weighted by Gasteiger charge is 2.69. The molecule has 0 aromatic rings. The molecule has 0 unspecified atom stereocenters. The number of esters is 1. The van der Waals surface area contributed by atoms with Crippen molar-refractivity contribution in [2.75, 3.05) is 13.2 Å². The van der Waals surface area contributed by atoms with Crippen LogP contribution in [0.25, 0.3) is 0 Å². The van der Waals surface area contributed by atoms with Gasteiger partial charge in [0.1, 0.15) is 0 Å². The summed E-state index contributed by atoms with van der Waals surface area (Å²) in [4.78, 5) is 12.6. The van der Waals surface area contributed by atoms with E-state index in [0.717, 1.165) is 37.7 Å². The van der Waals surface area contributed by atoms with Crippen LogP contribution in [0.4, 0.5) is 0 Å². The Balaban J connectivity index is 1.21. The largest absolute Gasteiger partial charge is 0.464 e. The summed E-state index contributed by atoms with van der Waals surface area (Å²) in [6.07, 6.45) is 10.8. The standard InChI is InChI=1S/C30H48O5/c1-6-33-26(31)29(32)14-13-27(4)20(16-29)7-8-21-22(27)10-11-28(5)23(21)15-24-25(28)19(3)30(35-24)12-9-18(2)17-34-30/h18-25,32H,6-17H2,1-5H3/t18-,19-,20+,21+,22-,23-,24-,25-,27-,28-,29+,30+/m0/s1. The second kappa shape index (κ2) is 8.17. The Bertz CT molecular complexity index is 850. The minimum Gasteiger partial charge on any atom is -0.464 e. The summed E-state index contributed by atoms with van der Waals surface area (Å²) in [5.41, 5.74) is -0.725. The molecular formula is C30H48O5. The molecule has 0 radical (unpaired) electrons. The molecule has 1 N–H and O–H groups in total. The zero-order valence-electron chi connectivity index (χ0n) is 22.7. The summed E-state index contributed by atoms with van der Waals surface area (Å²) in [5, 5.41) is 11.2. The van der Waals surface area contributed by atoms with Gasteiger partial charge in [0.05, 0.1) is 19.3 Å². The van der Waals surface area contributed by atoms with Crippen molar-refractivity contribution in [2.24, 2.45) is 52.3 Å². The maximum absolute atomic E-state index is 12.6. The van der Waals surface area contributed by atoms with Crippen molar-refractivity contribution in [3.8, 4) is 0 Å². The summed E-state index contributed by atoms with van der Waals surface area (Å²) >= 11 is 0. The van der Waals surface area contributed by atoms with Crippen molar-refractivity contribution in [3.63, 3.8) is 0 Å². The fourth-order valence-electron chi connectivity index (χ4n) is 10.7. The third-order valence-corrected chi connectivity index (χ3v) is 12.6. The van der Waals surface area contributed by atoms with E-state index in [4.69, 9.17) is 14.2 Å². The van der Waals surface area contributed by atoms with Gasteiger partial charge in [-0.05, 0) is 111 Å². The Morgan fingerprint density at radius 3 is 2.51 bits per heavy atom. The lowest BCUT2D eigenvalue weighted by Gasteiger charge is -2.62. The molecular weight excluding hydrogens is 440 g/mol. The maximum Gasteiger partial charge on any atom is 0.338 e. The maximum atomic E-state index is 12.6. The molecule has 2 saturated heterocycles. The predicted molar refractivity (Wildman–Crippen MR) is 133 cm³/mol. The SMILES string of the molecule is CCOC(=O)[C@@]1(O)CC[C@@]2(C)[C@H](CC[C@@H]3[C@@H]2CC[C@]2(C)[C@@H]4[C@H](C[C@@H]32)O[C@]2(CC[C@H](C)CO2)[C@H]4C)C1. The third kappa shape index (κ3) is 3.39. The first-order valence-corrected chi connectivity index (χ1v) is 14.8. The second-order valence-corrected chi connectivity index (χ2v) is 14.1. The molecule has 0 bridgehead atoms. The first-order chi connectivity index (χ1) is 16.6. The molecule has 6 fully saturated rings. The molecule has 6 rings (SSSR count). The third-order valence-electron chi connectivity index (χ3n) is 12.6. The van der Waals surface area contributed by atoms with E-state index in [2.05, 4.69) is 27.7 Å². The van der Waals surface area contributed by atoms with E-state index in [1.807, 2.05) is 6.92 Å². The van der Waals surface area contributed by atoms with E-state index < -0.39 is 11.6 Å². The number of carbonyl (C=O) groups excluding carboxylic acids is 1. The first-order valence-electron chi connectivity index (χ1n) is 14.8. The quantitative estimate of drug-likeness (QED) is 0.503. The second-order valence-electron chi connectivity index (χ2n) is 14.1. The van der Waals surface area contributed by atoms with Gasteiger partial charge in [-0.15, -0.1) is 0 Å². The van der Waals surface area contributed by atoms with Crippen LogP contribution in [0.15, 0.2) is 0 Å². The monoisotopic (exact) mass is 488 g/mol. The summed E-state index contributed by atoms with van der Waals surface area (Å²) in [6.45, 7) is 12.8. The van der Waals surface area contributed by atoms with Crippen molar-refractivity contribution < 1.29 is 24.1 Å². The molecule has 35 heavy (non-hydrogen) atoms. The van der Waals surface area contributed by atoms with Crippen molar-refractivity contribution in [3.05, 3.63) is 0 Å². The van der Waals surface area contributed by atoms with Crippen LogP contribution >= 0.6 is 0 Å². The molecule has 12 atom stereocenters. The van der Waals surface area contributed by atoms with E-state index in [-0.39, 0.29) is 11.2 Å². The Morgan fingerprint density at radius 2 is 1.80 bits per heavy atom. The summed E-state index contributed by atoms with van der Waals surface area (Å²) in [7, 11) is 0. The minimum atomic E-state index is -1.28. The molecule has 198 valence electrons. The molecule has 2 heterocycles. The van der Waals surface area contributed by atoms with Gasteiger partial charge in [-0.1, -0.05) is 27.7 Å². The molecule has 0 aromatic heterocycles. The smallest absolute Gasteiger partial charge is 0.338 e. The minimum absolute atomic E-state index is 0.219. The number of hydrogen-bond donors (Lipinski definition) is 1. The molecule has 0 aromatic carbocycles. The zero-order chi connectivity index (χ0) is 24.8. The Kier molecular flexibility index (Phi) is 5.76. The topological polar surface area (TPSA) is 65.0 Å². The van der Waals surface area contributed by atoms with Gasteiger partial charge >= 0.3 is 5.97 Å². The van der Waals surface area contributed by atoms with Crippen LogP contribution in [0.3, 0.4) is 0 Å². The van der Waals surface area contributed by atoms with Crippen molar-refractivity contribution in [1.82, 2.24) is 0 Å². The molecule has 2 aliphatic heterocycles. The van der Waals surface area contributed by atoms with E-state index >= 15 is 0 Å². The summed E-state index contributed by atoms with van der Waals surface area (Å²) in [5.74, 6) is 3.55. The highest BCUT2D eigenvalue weighted by Crippen LogP contribution is 2.71. The number of hydrogen-bond acceptors (Lipinski definition) is 5. The van der Waals surface area contributed by atoms with E-state index in [9.17, 15) is 9.90 Å². The molecule has 4 aliphatic carbocycles. The number of aliphatic hydroxyl groups is 1. The average molecular weight is 489 g/mol. The Hall–Kier alpha value is -0.650. The number of fused-ring (bicyclic) bond motifs is 7. The van der Waals surface area contributed by atoms with Crippen LogP contribution in [0.1, 0.15) is 98.8 Å². The van der Waals surface area contributed by atoms with Gasteiger partial charge < -0.3 is 19.3 Å². The van der Waals surface area contributed by atoms with Gasteiger partial charge in [-0.2, -0.15) is 0 Å². The van der Waals surface area contributed by atoms with E-state index in [1.165, 1.54) is 32.1 Å². The number of rotatable bonds is 2. The molecule has 6 aliphatic rings. The lowest BCUT2D eigenvalue weighted by atomic mass is 9.43. The highest BCUT2D eigenvalue weighted by molar-refractivity contribution is 5.79. The van der Waals surface area contributed by atoms with Crippen LogP contribution < -0.4 is 0 Å². The van der Waals surface area contributed by atoms with Gasteiger partial charge in [0.2, 0.25) is 0 Å². The van der Waals surface area contributed by atoms with Crippen LogP contribution in [-0.4, -0.2) is 41.8 Å². The van der Waals surface area contributed by atoms with Crippen LogP contribution in [0, 0.1) is 52.3 Å². The molecule has 5 nitrogen and oxygen atoms in total. The molecule has 4 saturated carbocycles. The first kappa shape index (κ1) is 24.7. The molecule has 0 amide bonds. The summed E-state index contributed by atoms with van der Waals surface area (Å²) < 4.78 is 18.7. The van der Waals surface area contributed by atoms with Crippen LogP contribution in [0.5, 0.6) is 0 Å². The van der Waals surface area contributed by atoms with Gasteiger partial charge in [-0.25, -0.2) is 4.79 Å². The fraction of sp³-hybridized carbons (Fsp3) is 0.967. The Labute approximate surface area is 212 Å².